The van der Waals surface area contributed by atoms with Gasteiger partial charge >= 0.3 is 17.6 Å². The summed E-state index contributed by atoms with van der Waals surface area (Å²) in [4.78, 5) is 32.1. The van der Waals surface area contributed by atoms with Gasteiger partial charge in [0.05, 0.1) is 16.6 Å². The molecule has 2 N–H and O–H groups in total. The normalized spacial score (nSPS) is 10.2. The zero-order valence-electron chi connectivity index (χ0n) is 17.4. The molecule has 0 aliphatic carbocycles. The SMILES string of the molecule is Cc1cc(Oc2nc(Oc3cccc(C(=O)N(C)C)c3)nc(N)c2[N+](=O)[O-])ccc1C#N. The second-order valence-electron chi connectivity index (χ2n) is 6.82. The molecule has 0 atom stereocenters. The van der Waals surface area contributed by atoms with Crippen molar-refractivity contribution in [1.82, 2.24) is 14.9 Å². The zero-order valence-corrected chi connectivity index (χ0v) is 17.4. The van der Waals surface area contributed by atoms with Gasteiger partial charge in [-0.2, -0.15) is 15.2 Å². The summed E-state index contributed by atoms with van der Waals surface area (Å²) >= 11 is 0. The van der Waals surface area contributed by atoms with E-state index in [1.165, 1.54) is 29.2 Å². The number of ether oxygens (including phenoxy) is 2. The van der Waals surface area contributed by atoms with E-state index >= 15 is 0 Å². The van der Waals surface area contributed by atoms with E-state index in [2.05, 4.69) is 9.97 Å². The van der Waals surface area contributed by atoms with Gasteiger partial charge in [-0.1, -0.05) is 6.07 Å². The number of nitrogens with zero attached hydrogens (tertiary/aromatic N) is 5. The standard InChI is InChI=1S/C21H18N6O5/c1-12-9-16(8-7-14(12)11-22)31-19-17(27(29)30)18(23)24-21(25-19)32-15-6-4-5-13(10-15)20(28)26(2)3/h4-10H,1-3H3,(H2,23,24,25). The first kappa shape index (κ1) is 22.0. The van der Waals surface area contributed by atoms with Crippen LogP contribution in [-0.4, -0.2) is 39.8 Å². The van der Waals surface area contributed by atoms with Gasteiger partial charge in [0.2, 0.25) is 5.82 Å². The summed E-state index contributed by atoms with van der Waals surface area (Å²) in [6, 6.07) is 12.5. The van der Waals surface area contributed by atoms with Gasteiger partial charge in [0.1, 0.15) is 11.5 Å². The van der Waals surface area contributed by atoms with Crippen molar-refractivity contribution in [3.8, 4) is 29.5 Å². The summed E-state index contributed by atoms with van der Waals surface area (Å²) in [7, 11) is 3.23. The van der Waals surface area contributed by atoms with E-state index in [-0.39, 0.29) is 23.4 Å². The van der Waals surface area contributed by atoms with Crippen LogP contribution in [0, 0.1) is 28.4 Å². The lowest BCUT2D eigenvalue weighted by Crippen LogP contribution is -2.21. The van der Waals surface area contributed by atoms with Crippen molar-refractivity contribution in [1.29, 1.82) is 5.26 Å². The van der Waals surface area contributed by atoms with Crippen LogP contribution in [0.25, 0.3) is 0 Å². The van der Waals surface area contributed by atoms with Crippen molar-refractivity contribution >= 4 is 17.4 Å². The van der Waals surface area contributed by atoms with Gasteiger partial charge in [0.15, 0.2) is 0 Å². The van der Waals surface area contributed by atoms with E-state index in [1.807, 2.05) is 6.07 Å². The molecule has 162 valence electrons. The van der Waals surface area contributed by atoms with Crippen LogP contribution in [-0.2, 0) is 0 Å². The van der Waals surface area contributed by atoms with E-state index in [1.54, 1.807) is 39.2 Å². The van der Waals surface area contributed by atoms with E-state index in [0.29, 0.717) is 16.7 Å². The number of anilines is 1. The number of nitrogen functional groups attached to an aromatic ring is 1. The molecular weight excluding hydrogens is 416 g/mol. The fraction of sp³-hybridized carbons (Fsp3) is 0.143. The quantitative estimate of drug-likeness (QED) is 0.453. The Balaban J connectivity index is 1.97. The van der Waals surface area contributed by atoms with Crippen LogP contribution in [0.2, 0.25) is 0 Å². The molecular formula is C21H18N6O5. The molecule has 0 aliphatic heterocycles. The molecule has 0 bridgehead atoms. The van der Waals surface area contributed by atoms with E-state index in [4.69, 9.17) is 20.5 Å². The Morgan fingerprint density at radius 3 is 2.50 bits per heavy atom. The summed E-state index contributed by atoms with van der Waals surface area (Å²) in [5.74, 6) is -0.679. The fourth-order valence-corrected chi connectivity index (χ4v) is 2.71. The molecule has 0 fully saturated rings. The number of amides is 1. The Bertz CT molecular complexity index is 1250. The van der Waals surface area contributed by atoms with Crippen LogP contribution in [0.5, 0.6) is 23.4 Å². The van der Waals surface area contributed by atoms with E-state index < -0.39 is 22.3 Å². The van der Waals surface area contributed by atoms with Gasteiger partial charge in [0.25, 0.3) is 5.91 Å². The fourth-order valence-electron chi connectivity index (χ4n) is 2.71. The maximum atomic E-state index is 12.2. The molecule has 32 heavy (non-hydrogen) atoms. The molecule has 0 saturated heterocycles. The number of benzene rings is 2. The molecule has 0 unspecified atom stereocenters. The molecule has 1 amide bonds. The lowest BCUT2D eigenvalue weighted by molar-refractivity contribution is -0.385. The highest BCUT2D eigenvalue weighted by molar-refractivity contribution is 5.94. The molecule has 11 heteroatoms. The number of aryl methyl sites for hydroxylation is 1. The monoisotopic (exact) mass is 434 g/mol. The van der Waals surface area contributed by atoms with Gasteiger partial charge in [-0.25, -0.2) is 0 Å². The smallest absolute Gasteiger partial charge is 0.373 e. The van der Waals surface area contributed by atoms with Crippen LogP contribution in [0.4, 0.5) is 11.5 Å². The largest absolute Gasteiger partial charge is 0.433 e. The highest BCUT2D eigenvalue weighted by Crippen LogP contribution is 2.36. The summed E-state index contributed by atoms with van der Waals surface area (Å²) in [5.41, 5.74) is 6.56. The van der Waals surface area contributed by atoms with Gasteiger partial charge in [0, 0.05) is 19.7 Å². The molecule has 11 nitrogen and oxygen atoms in total. The molecule has 3 aromatic rings. The Labute approximate surface area is 182 Å². The number of rotatable bonds is 6. The average Bonchev–Trinajstić information content (AvgIpc) is 2.73. The first-order valence-corrected chi connectivity index (χ1v) is 9.19. The van der Waals surface area contributed by atoms with Crippen molar-refractivity contribution in [3.63, 3.8) is 0 Å². The summed E-state index contributed by atoms with van der Waals surface area (Å²) in [6.45, 7) is 1.70. The van der Waals surface area contributed by atoms with Gasteiger partial charge < -0.3 is 20.1 Å². The Morgan fingerprint density at radius 1 is 1.16 bits per heavy atom. The Kier molecular flexibility index (Phi) is 6.16. The minimum absolute atomic E-state index is 0.215. The Hall–Kier alpha value is -4.72. The first-order chi connectivity index (χ1) is 15.2. The van der Waals surface area contributed by atoms with Crippen molar-refractivity contribution in [2.45, 2.75) is 6.92 Å². The molecule has 0 saturated carbocycles. The molecule has 3 rings (SSSR count). The third kappa shape index (κ3) is 4.71. The third-order valence-corrected chi connectivity index (χ3v) is 4.27. The van der Waals surface area contributed by atoms with Crippen molar-refractivity contribution < 1.29 is 19.2 Å². The molecule has 2 aromatic carbocycles. The summed E-state index contributed by atoms with van der Waals surface area (Å²) in [5, 5.41) is 20.5. The maximum absolute atomic E-state index is 12.2. The molecule has 0 spiro atoms. The predicted octanol–water partition coefficient (Wildman–Crippen LogP) is 3.43. The van der Waals surface area contributed by atoms with Crippen LogP contribution >= 0.6 is 0 Å². The average molecular weight is 434 g/mol. The molecule has 1 aromatic heterocycles. The third-order valence-electron chi connectivity index (χ3n) is 4.27. The molecule has 0 aliphatic rings. The van der Waals surface area contributed by atoms with Gasteiger partial charge in [-0.05, 0) is 48.9 Å². The van der Waals surface area contributed by atoms with Crippen molar-refractivity contribution in [2.24, 2.45) is 0 Å². The number of nitrogens with two attached hydrogens (primary N) is 1. The van der Waals surface area contributed by atoms with Gasteiger partial charge in [-0.15, -0.1) is 0 Å². The predicted molar refractivity (Wildman–Crippen MR) is 114 cm³/mol. The van der Waals surface area contributed by atoms with Crippen LogP contribution in [0.3, 0.4) is 0 Å². The highest BCUT2D eigenvalue weighted by Gasteiger charge is 2.26. The van der Waals surface area contributed by atoms with Crippen LogP contribution in [0.1, 0.15) is 21.5 Å². The van der Waals surface area contributed by atoms with Crippen LogP contribution in [0.15, 0.2) is 42.5 Å². The number of hydrogen-bond donors (Lipinski definition) is 1. The minimum Gasteiger partial charge on any atom is -0.433 e. The van der Waals surface area contributed by atoms with Gasteiger partial charge in [-0.3, -0.25) is 14.9 Å². The number of carbonyl (C=O) groups excluding carboxylic acids is 1. The maximum Gasteiger partial charge on any atom is 0.373 e. The Morgan fingerprint density at radius 2 is 1.88 bits per heavy atom. The first-order valence-electron chi connectivity index (χ1n) is 9.19. The lowest BCUT2D eigenvalue weighted by atomic mass is 10.1. The topological polar surface area (TPSA) is 158 Å². The second kappa shape index (κ2) is 8.97. The van der Waals surface area contributed by atoms with Crippen molar-refractivity contribution in [3.05, 3.63) is 69.3 Å². The minimum atomic E-state index is -0.763. The summed E-state index contributed by atoms with van der Waals surface area (Å²) < 4.78 is 11.2. The highest BCUT2D eigenvalue weighted by atomic mass is 16.6. The van der Waals surface area contributed by atoms with Crippen LogP contribution < -0.4 is 15.2 Å². The molecule has 1 heterocycles. The zero-order chi connectivity index (χ0) is 23.4. The second-order valence-corrected chi connectivity index (χ2v) is 6.82. The number of carbonyl (C=O) groups is 1. The summed E-state index contributed by atoms with van der Waals surface area (Å²) in [6.07, 6.45) is 0. The number of aromatic nitrogens is 2. The van der Waals surface area contributed by atoms with Crippen molar-refractivity contribution in [2.75, 3.05) is 19.8 Å². The lowest BCUT2D eigenvalue weighted by Gasteiger charge is -2.12. The number of hydrogen-bond acceptors (Lipinski definition) is 9. The van der Waals surface area contributed by atoms with E-state index in [9.17, 15) is 14.9 Å². The number of nitriles is 1. The van der Waals surface area contributed by atoms with E-state index in [0.717, 1.165) is 0 Å². The molecule has 0 radical (unpaired) electrons. The number of nitro groups is 1.